The van der Waals surface area contributed by atoms with Crippen molar-refractivity contribution in [2.45, 2.75) is 27.3 Å². The van der Waals surface area contributed by atoms with Gasteiger partial charge in [-0.25, -0.2) is 8.78 Å². The van der Waals surface area contributed by atoms with Crippen molar-refractivity contribution in [1.82, 2.24) is 5.32 Å². The summed E-state index contributed by atoms with van der Waals surface area (Å²) in [5.41, 5.74) is 0.511. The van der Waals surface area contributed by atoms with Crippen LogP contribution in [0.5, 0.6) is 0 Å². The van der Waals surface area contributed by atoms with Crippen molar-refractivity contribution < 1.29 is 8.78 Å². The van der Waals surface area contributed by atoms with E-state index in [1.165, 1.54) is 12.1 Å². The zero-order valence-electron chi connectivity index (χ0n) is 10.1. The monoisotopic (exact) mass is 227 g/mol. The van der Waals surface area contributed by atoms with Gasteiger partial charge < -0.3 is 5.32 Å². The summed E-state index contributed by atoms with van der Waals surface area (Å²) in [6.45, 7) is 7.76. The van der Waals surface area contributed by atoms with E-state index in [2.05, 4.69) is 26.1 Å². The molecule has 0 fully saturated rings. The Morgan fingerprint density at radius 3 is 2.44 bits per heavy atom. The summed E-state index contributed by atoms with van der Waals surface area (Å²) in [7, 11) is 0. The van der Waals surface area contributed by atoms with Gasteiger partial charge in [0, 0.05) is 18.2 Å². The summed E-state index contributed by atoms with van der Waals surface area (Å²) in [5.74, 6) is 0.135. The normalized spacial score (nSPS) is 13.1. The van der Waals surface area contributed by atoms with E-state index in [4.69, 9.17) is 0 Å². The first-order valence-corrected chi connectivity index (χ1v) is 5.65. The van der Waals surface area contributed by atoms with Gasteiger partial charge >= 0.3 is 0 Å². The molecule has 1 unspecified atom stereocenters. The molecule has 0 bridgehead atoms. The van der Waals surface area contributed by atoms with Crippen LogP contribution in [0.25, 0.3) is 0 Å². The van der Waals surface area contributed by atoms with Gasteiger partial charge in [-0.15, -0.1) is 0 Å². The fourth-order valence-corrected chi connectivity index (χ4v) is 1.34. The van der Waals surface area contributed by atoms with Crippen molar-refractivity contribution >= 4 is 0 Å². The Morgan fingerprint density at radius 2 is 1.88 bits per heavy atom. The third kappa shape index (κ3) is 3.89. The Kier molecular flexibility index (Phi) is 4.87. The molecule has 1 nitrogen and oxygen atoms in total. The number of benzene rings is 1. The molecule has 0 aliphatic carbocycles. The molecule has 1 atom stereocenters. The Balaban J connectivity index is 2.43. The van der Waals surface area contributed by atoms with E-state index < -0.39 is 11.6 Å². The average molecular weight is 227 g/mol. The molecular formula is C13H19F2N. The molecule has 1 aromatic carbocycles. The molecule has 0 spiro atoms. The number of halogens is 2. The number of rotatable bonds is 5. The predicted octanol–water partition coefficient (Wildman–Crippen LogP) is 3.35. The summed E-state index contributed by atoms with van der Waals surface area (Å²) < 4.78 is 25.9. The summed E-state index contributed by atoms with van der Waals surface area (Å²) in [4.78, 5) is 0. The second kappa shape index (κ2) is 5.94. The van der Waals surface area contributed by atoms with Crippen LogP contribution in [0.15, 0.2) is 18.2 Å². The topological polar surface area (TPSA) is 12.0 Å². The minimum Gasteiger partial charge on any atom is -0.312 e. The van der Waals surface area contributed by atoms with Gasteiger partial charge in [-0.3, -0.25) is 0 Å². The van der Waals surface area contributed by atoms with Crippen molar-refractivity contribution in [1.29, 1.82) is 0 Å². The largest absolute Gasteiger partial charge is 0.312 e. The van der Waals surface area contributed by atoms with Gasteiger partial charge in [0.25, 0.3) is 0 Å². The van der Waals surface area contributed by atoms with E-state index in [1.807, 2.05) is 0 Å². The van der Waals surface area contributed by atoms with Crippen LogP contribution in [0.4, 0.5) is 8.78 Å². The van der Waals surface area contributed by atoms with E-state index in [0.29, 0.717) is 23.9 Å². The molecule has 0 aliphatic heterocycles. The first-order chi connectivity index (χ1) is 7.50. The Bertz CT molecular complexity index is 337. The smallest absolute Gasteiger partial charge is 0.130 e. The molecule has 0 aromatic heterocycles. The average Bonchev–Trinajstić information content (AvgIpc) is 2.20. The van der Waals surface area contributed by atoms with E-state index in [-0.39, 0.29) is 0 Å². The van der Waals surface area contributed by atoms with Gasteiger partial charge in [0.15, 0.2) is 0 Å². The van der Waals surface area contributed by atoms with Gasteiger partial charge in [-0.1, -0.05) is 26.8 Å². The maximum Gasteiger partial charge on any atom is 0.130 e. The van der Waals surface area contributed by atoms with Crippen LogP contribution in [-0.4, -0.2) is 6.54 Å². The molecule has 0 radical (unpaired) electrons. The maximum atomic E-state index is 13.3. The molecule has 1 N–H and O–H groups in total. The fourth-order valence-electron chi connectivity index (χ4n) is 1.34. The molecule has 0 amide bonds. The lowest BCUT2D eigenvalue weighted by Gasteiger charge is -2.16. The second-order valence-electron chi connectivity index (χ2n) is 4.59. The van der Waals surface area contributed by atoms with Crippen LogP contribution in [0.2, 0.25) is 0 Å². The van der Waals surface area contributed by atoms with Gasteiger partial charge in [0.2, 0.25) is 0 Å². The van der Waals surface area contributed by atoms with Crippen LogP contribution in [-0.2, 0) is 6.54 Å². The maximum absolute atomic E-state index is 13.3. The molecule has 1 aromatic rings. The van der Waals surface area contributed by atoms with Crippen molar-refractivity contribution in [3.63, 3.8) is 0 Å². The standard InChI is InChI=1S/C13H19F2N/c1-9(2)10(3)7-16-8-11-4-5-12(14)6-13(11)15/h4-6,9-10,16H,7-8H2,1-3H3. The van der Waals surface area contributed by atoms with Crippen LogP contribution in [0, 0.1) is 23.5 Å². The van der Waals surface area contributed by atoms with Crippen LogP contribution >= 0.6 is 0 Å². The molecule has 0 heterocycles. The first kappa shape index (κ1) is 13.1. The van der Waals surface area contributed by atoms with Crippen LogP contribution in [0.3, 0.4) is 0 Å². The highest BCUT2D eigenvalue weighted by molar-refractivity contribution is 5.18. The quantitative estimate of drug-likeness (QED) is 0.813. The Morgan fingerprint density at radius 1 is 1.19 bits per heavy atom. The Hall–Kier alpha value is -0.960. The summed E-state index contributed by atoms with van der Waals surface area (Å²) >= 11 is 0. The fraction of sp³-hybridized carbons (Fsp3) is 0.538. The van der Waals surface area contributed by atoms with Gasteiger partial charge in [0.1, 0.15) is 11.6 Å². The summed E-state index contributed by atoms with van der Waals surface area (Å²) in [5, 5.41) is 3.18. The van der Waals surface area contributed by atoms with Crippen LogP contribution in [0.1, 0.15) is 26.3 Å². The molecular weight excluding hydrogens is 208 g/mol. The highest BCUT2D eigenvalue weighted by Crippen LogP contribution is 2.11. The van der Waals surface area contributed by atoms with Crippen molar-refractivity contribution in [2.24, 2.45) is 11.8 Å². The van der Waals surface area contributed by atoms with E-state index in [0.717, 1.165) is 12.6 Å². The number of hydrogen-bond donors (Lipinski definition) is 1. The molecule has 0 saturated carbocycles. The number of nitrogens with one attached hydrogen (secondary N) is 1. The molecule has 16 heavy (non-hydrogen) atoms. The van der Waals surface area contributed by atoms with Crippen LogP contribution < -0.4 is 5.32 Å². The lowest BCUT2D eigenvalue weighted by molar-refractivity contribution is 0.391. The summed E-state index contributed by atoms with van der Waals surface area (Å²) in [6, 6.07) is 3.69. The highest BCUT2D eigenvalue weighted by Gasteiger charge is 2.07. The molecule has 0 aliphatic rings. The lowest BCUT2D eigenvalue weighted by Crippen LogP contribution is -2.24. The van der Waals surface area contributed by atoms with E-state index in [9.17, 15) is 8.78 Å². The molecule has 90 valence electrons. The number of hydrogen-bond acceptors (Lipinski definition) is 1. The highest BCUT2D eigenvalue weighted by atomic mass is 19.1. The predicted molar refractivity (Wildman–Crippen MR) is 62.1 cm³/mol. The molecule has 3 heteroatoms. The minimum atomic E-state index is -0.531. The summed E-state index contributed by atoms with van der Waals surface area (Å²) in [6.07, 6.45) is 0. The minimum absolute atomic E-state index is 0.448. The zero-order chi connectivity index (χ0) is 12.1. The third-order valence-electron chi connectivity index (χ3n) is 2.93. The van der Waals surface area contributed by atoms with Gasteiger partial charge in [0.05, 0.1) is 0 Å². The van der Waals surface area contributed by atoms with Gasteiger partial charge in [-0.05, 0) is 24.4 Å². The van der Waals surface area contributed by atoms with E-state index in [1.54, 1.807) is 0 Å². The van der Waals surface area contributed by atoms with Crippen molar-refractivity contribution in [3.8, 4) is 0 Å². The Labute approximate surface area is 95.9 Å². The molecule has 1 rings (SSSR count). The van der Waals surface area contributed by atoms with Crippen molar-refractivity contribution in [3.05, 3.63) is 35.4 Å². The SMILES string of the molecule is CC(C)C(C)CNCc1ccc(F)cc1F. The van der Waals surface area contributed by atoms with Gasteiger partial charge in [-0.2, -0.15) is 0 Å². The first-order valence-electron chi connectivity index (χ1n) is 5.65. The zero-order valence-corrected chi connectivity index (χ0v) is 10.1. The molecule has 0 saturated heterocycles. The van der Waals surface area contributed by atoms with Crippen molar-refractivity contribution in [2.75, 3.05) is 6.54 Å². The van der Waals surface area contributed by atoms with E-state index >= 15 is 0 Å². The second-order valence-corrected chi connectivity index (χ2v) is 4.59. The third-order valence-corrected chi connectivity index (χ3v) is 2.93. The lowest BCUT2D eigenvalue weighted by atomic mass is 9.98.